The Morgan fingerprint density at radius 2 is 1.75 bits per heavy atom. The third-order valence-electron chi connectivity index (χ3n) is 6.53. The highest BCUT2D eigenvalue weighted by molar-refractivity contribution is 7.99. The van der Waals surface area contributed by atoms with Gasteiger partial charge in [-0.2, -0.15) is 0 Å². The minimum Gasteiger partial charge on any atom is -0.466 e. The van der Waals surface area contributed by atoms with E-state index in [-0.39, 0.29) is 17.8 Å². The summed E-state index contributed by atoms with van der Waals surface area (Å²) in [5.74, 6) is 1.51. The zero-order chi connectivity index (χ0) is 25.5. The number of ether oxygens (including phenoxy) is 1. The lowest BCUT2D eigenvalue weighted by molar-refractivity contribution is -0.151. The summed E-state index contributed by atoms with van der Waals surface area (Å²) in [6.45, 7) is 7.63. The Bertz CT molecular complexity index is 1180. The summed E-state index contributed by atoms with van der Waals surface area (Å²) in [7, 11) is 0. The molecule has 36 heavy (non-hydrogen) atoms. The molecule has 0 aliphatic carbocycles. The Morgan fingerprint density at radius 3 is 2.44 bits per heavy atom. The van der Waals surface area contributed by atoms with E-state index in [9.17, 15) is 9.59 Å². The maximum absolute atomic E-state index is 12.7. The molecule has 1 aromatic heterocycles. The Kier molecular flexibility index (Phi) is 8.80. The van der Waals surface area contributed by atoms with Crippen molar-refractivity contribution in [3.05, 3.63) is 59.7 Å². The van der Waals surface area contributed by atoms with Crippen molar-refractivity contribution in [2.45, 2.75) is 51.6 Å². The molecular weight excluding hydrogens is 472 g/mol. The zero-order valence-electron chi connectivity index (χ0n) is 21.3. The summed E-state index contributed by atoms with van der Waals surface area (Å²) in [6.07, 6.45) is 2.60. The second kappa shape index (κ2) is 12.2. The second-order valence-electron chi connectivity index (χ2n) is 9.15. The molecule has 0 unspecified atom stereocenters. The highest BCUT2D eigenvalue weighted by Crippen LogP contribution is 2.30. The van der Waals surface area contributed by atoms with Crippen molar-refractivity contribution in [3.8, 4) is 17.1 Å². The zero-order valence-corrected chi connectivity index (χ0v) is 22.1. The number of thioether (sulfide) groups is 1. The number of likely N-dealkylation sites (tertiary alicyclic amines) is 1. The van der Waals surface area contributed by atoms with Crippen LogP contribution in [0.3, 0.4) is 0 Å². The first kappa shape index (κ1) is 25.9. The van der Waals surface area contributed by atoms with E-state index in [0.717, 1.165) is 40.0 Å². The number of nitrogens with zero attached hydrogens (tertiary/aromatic N) is 4. The number of carbonyl (C=O) groups is 2. The molecule has 8 heteroatoms. The number of benzene rings is 2. The van der Waals surface area contributed by atoms with Gasteiger partial charge in [-0.1, -0.05) is 59.8 Å². The molecular formula is C28H34N4O3S. The number of aryl methyl sites for hydroxylation is 2. The number of hydrogen-bond donors (Lipinski definition) is 0. The molecule has 0 atom stereocenters. The lowest BCUT2D eigenvalue weighted by atomic mass is 9.97. The number of para-hydroxylation sites is 1. The summed E-state index contributed by atoms with van der Waals surface area (Å²) in [5, 5.41) is 9.87. The molecule has 1 saturated heterocycles. The number of rotatable bonds is 9. The van der Waals surface area contributed by atoms with Crippen LogP contribution in [0, 0.1) is 19.8 Å². The highest BCUT2D eigenvalue weighted by atomic mass is 32.2. The van der Waals surface area contributed by atoms with Gasteiger partial charge in [0.25, 0.3) is 0 Å². The third-order valence-corrected chi connectivity index (χ3v) is 7.55. The van der Waals surface area contributed by atoms with Gasteiger partial charge in [0.2, 0.25) is 5.91 Å². The molecule has 1 amide bonds. The van der Waals surface area contributed by atoms with Crippen molar-refractivity contribution < 1.29 is 14.3 Å². The maximum atomic E-state index is 12.7. The fourth-order valence-electron chi connectivity index (χ4n) is 4.45. The molecule has 190 valence electrons. The van der Waals surface area contributed by atoms with Gasteiger partial charge < -0.3 is 9.64 Å². The van der Waals surface area contributed by atoms with Crippen LogP contribution in [0.1, 0.15) is 43.7 Å². The summed E-state index contributed by atoms with van der Waals surface area (Å²) in [5.41, 5.74) is 4.42. The van der Waals surface area contributed by atoms with Gasteiger partial charge in [-0.3, -0.25) is 14.2 Å². The van der Waals surface area contributed by atoms with Crippen LogP contribution in [0.25, 0.3) is 17.1 Å². The van der Waals surface area contributed by atoms with E-state index in [1.807, 2.05) is 24.0 Å². The SMILES string of the molecule is CCOC(=O)C1CCN(C(=O)CCCSc2nnc(-c3ccc(C)cc3)n2-c2ccccc2C)CC1. The summed E-state index contributed by atoms with van der Waals surface area (Å²) in [6, 6.07) is 16.6. The molecule has 2 aromatic carbocycles. The van der Waals surface area contributed by atoms with Crippen molar-refractivity contribution in [2.75, 3.05) is 25.4 Å². The third kappa shape index (κ3) is 6.16. The standard InChI is InChI=1S/C28H34N4O3S/c1-4-35-27(34)23-15-17-31(18-16-23)25(33)10-7-19-36-28-30-29-26(22-13-11-20(2)12-14-22)32(28)24-9-6-5-8-21(24)3/h5-6,8-9,11-14,23H,4,7,10,15-19H2,1-3H3. The van der Waals surface area contributed by atoms with Gasteiger partial charge in [0, 0.05) is 30.8 Å². The van der Waals surface area contributed by atoms with Gasteiger partial charge in [0.05, 0.1) is 18.2 Å². The van der Waals surface area contributed by atoms with E-state index in [4.69, 9.17) is 4.74 Å². The Hall–Kier alpha value is -3.13. The Balaban J connectivity index is 1.37. The predicted molar refractivity (Wildman–Crippen MR) is 142 cm³/mol. The molecule has 1 aliphatic rings. The largest absolute Gasteiger partial charge is 0.466 e. The monoisotopic (exact) mass is 506 g/mol. The van der Waals surface area contributed by atoms with Crippen molar-refractivity contribution in [1.29, 1.82) is 0 Å². The molecule has 1 aliphatic heterocycles. The average molecular weight is 507 g/mol. The van der Waals surface area contributed by atoms with Crippen LogP contribution in [0.2, 0.25) is 0 Å². The Morgan fingerprint density at radius 1 is 1.03 bits per heavy atom. The van der Waals surface area contributed by atoms with E-state index in [1.54, 1.807) is 11.8 Å². The van der Waals surface area contributed by atoms with Gasteiger partial charge in [-0.25, -0.2) is 0 Å². The van der Waals surface area contributed by atoms with Crippen LogP contribution < -0.4 is 0 Å². The van der Waals surface area contributed by atoms with Crippen LogP contribution in [0.5, 0.6) is 0 Å². The fourth-order valence-corrected chi connectivity index (χ4v) is 5.34. The molecule has 0 spiro atoms. The molecule has 7 nitrogen and oxygen atoms in total. The van der Waals surface area contributed by atoms with E-state index in [0.29, 0.717) is 39.0 Å². The van der Waals surface area contributed by atoms with Crippen molar-refractivity contribution in [1.82, 2.24) is 19.7 Å². The minimum atomic E-state index is -0.135. The van der Waals surface area contributed by atoms with Gasteiger partial charge in [0.15, 0.2) is 11.0 Å². The number of amides is 1. The molecule has 3 aromatic rings. The molecule has 4 rings (SSSR count). The minimum absolute atomic E-state index is 0.0833. The van der Waals surface area contributed by atoms with E-state index >= 15 is 0 Å². The number of carbonyl (C=O) groups excluding carboxylic acids is 2. The number of hydrogen-bond acceptors (Lipinski definition) is 6. The number of aromatic nitrogens is 3. The molecule has 1 fully saturated rings. The quantitative estimate of drug-likeness (QED) is 0.225. The van der Waals surface area contributed by atoms with Crippen LogP contribution >= 0.6 is 11.8 Å². The smallest absolute Gasteiger partial charge is 0.309 e. The van der Waals surface area contributed by atoms with Crippen molar-refractivity contribution in [2.24, 2.45) is 5.92 Å². The van der Waals surface area contributed by atoms with Crippen LogP contribution in [-0.4, -0.2) is 57.0 Å². The van der Waals surface area contributed by atoms with Crippen LogP contribution in [-0.2, 0) is 14.3 Å². The fraction of sp³-hybridized carbons (Fsp3) is 0.429. The van der Waals surface area contributed by atoms with E-state index in [1.165, 1.54) is 5.56 Å². The van der Waals surface area contributed by atoms with Gasteiger partial charge in [0.1, 0.15) is 0 Å². The first-order valence-electron chi connectivity index (χ1n) is 12.6. The number of piperidine rings is 1. The van der Waals surface area contributed by atoms with Gasteiger partial charge >= 0.3 is 5.97 Å². The van der Waals surface area contributed by atoms with Crippen LogP contribution in [0.15, 0.2) is 53.7 Å². The van der Waals surface area contributed by atoms with E-state index < -0.39 is 0 Å². The predicted octanol–water partition coefficient (Wildman–Crippen LogP) is 5.23. The maximum Gasteiger partial charge on any atom is 0.309 e. The molecule has 0 N–H and O–H groups in total. The molecule has 0 saturated carbocycles. The van der Waals surface area contributed by atoms with Gasteiger partial charge in [-0.05, 0) is 51.7 Å². The van der Waals surface area contributed by atoms with Crippen molar-refractivity contribution >= 4 is 23.6 Å². The van der Waals surface area contributed by atoms with Crippen molar-refractivity contribution in [3.63, 3.8) is 0 Å². The summed E-state index contributed by atoms with van der Waals surface area (Å²) < 4.78 is 7.24. The second-order valence-corrected chi connectivity index (χ2v) is 10.2. The Labute approximate surface area is 217 Å². The lowest BCUT2D eigenvalue weighted by Crippen LogP contribution is -2.40. The topological polar surface area (TPSA) is 77.3 Å². The van der Waals surface area contributed by atoms with Gasteiger partial charge in [-0.15, -0.1) is 10.2 Å². The van der Waals surface area contributed by atoms with Crippen LogP contribution in [0.4, 0.5) is 0 Å². The summed E-state index contributed by atoms with van der Waals surface area (Å²) >= 11 is 1.63. The number of esters is 1. The lowest BCUT2D eigenvalue weighted by Gasteiger charge is -2.31. The normalized spacial score (nSPS) is 14.1. The highest BCUT2D eigenvalue weighted by Gasteiger charge is 2.28. The summed E-state index contributed by atoms with van der Waals surface area (Å²) in [4.78, 5) is 26.5. The first-order chi connectivity index (χ1) is 17.5. The molecule has 2 heterocycles. The average Bonchev–Trinajstić information content (AvgIpc) is 3.31. The molecule has 0 bridgehead atoms. The molecule has 0 radical (unpaired) electrons. The first-order valence-corrected chi connectivity index (χ1v) is 13.6. The van der Waals surface area contributed by atoms with E-state index in [2.05, 4.69) is 65.0 Å².